The van der Waals surface area contributed by atoms with Crippen LogP contribution in [0.4, 0.5) is 13.2 Å². The number of hydrogen-bond acceptors (Lipinski definition) is 4. The molecule has 0 bridgehead atoms. The lowest BCUT2D eigenvalue weighted by atomic mass is 9.80. The van der Waals surface area contributed by atoms with Crippen LogP contribution in [0.25, 0.3) is 0 Å². The van der Waals surface area contributed by atoms with Gasteiger partial charge in [0, 0.05) is 30.2 Å². The van der Waals surface area contributed by atoms with E-state index in [-0.39, 0.29) is 28.8 Å². The van der Waals surface area contributed by atoms with Crippen LogP contribution >= 0.6 is 11.8 Å². The minimum absolute atomic E-state index is 0.0227. The maximum absolute atomic E-state index is 12.3. The molecule has 0 saturated carbocycles. The summed E-state index contributed by atoms with van der Waals surface area (Å²) in [6.45, 7) is 0.570. The number of nitrogens with one attached hydrogen (secondary N) is 1. The lowest BCUT2D eigenvalue weighted by Crippen LogP contribution is -2.46. The molecule has 1 aromatic carbocycles. The summed E-state index contributed by atoms with van der Waals surface area (Å²) in [7, 11) is 0. The molecule has 0 atom stereocenters. The molecule has 0 spiro atoms. The van der Waals surface area contributed by atoms with Gasteiger partial charge in [-0.25, -0.2) is 0 Å². The number of hydrogen-bond donors (Lipinski definition) is 2. The molecule has 2 N–H and O–H groups in total. The van der Waals surface area contributed by atoms with Gasteiger partial charge in [0.15, 0.2) is 0 Å². The molecule has 0 radical (unpaired) electrons. The maximum Gasteiger partial charge on any atom is 0.446 e. The predicted molar refractivity (Wildman–Crippen MR) is 80.8 cm³/mol. The van der Waals surface area contributed by atoms with Crippen molar-refractivity contribution in [3.8, 4) is 0 Å². The lowest BCUT2D eigenvalue weighted by Gasteiger charge is -2.33. The summed E-state index contributed by atoms with van der Waals surface area (Å²) in [4.78, 5) is 23.5. The summed E-state index contributed by atoms with van der Waals surface area (Å²) in [5.74, 6) is -1.52. The van der Waals surface area contributed by atoms with Gasteiger partial charge in [-0.3, -0.25) is 9.59 Å². The van der Waals surface area contributed by atoms with E-state index in [2.05, 4.69) is 5.32 Å². The van der Waals surface area contributed by atoms with Crippen LogP contribution < -0.4 is 5.32 Å². The molecule has 1 saturated heterocycles. The van der Waals surface area contributed by atoms with Gasteiger partial charge >= 0.3 is 11.5 Å². The lowest BCUT2D eigenvalue weighted by molar-refractivity contribution is -0.154. The van der Waals surface area contributed by atoms with Crippen molar-refractivity contribution in [3.05, 3.63) is 29.8 Å². The minimum Gasteiger partial charge on any atom is -0.481 e. The summed E-state index contributed by atoms with van der Waals surface area (Å²) in [6, 6.07) is 4.96. The normalized spacial score (nSPS) is 17.3. The van der Waals surface area contributed by atoms with E-state index >= 15 is 0 Å². The first-order chi connectivity index (χ1) is 11.2. The number of benzene rings is 1. The topological polar surface area (TPSA) is 75.6 Å². The number of rotatable bonds is 5. The van der Waals surface area contributed by atoms with Gasteiger partial charge in [-0.05, 0) is 48.9 Å². The summed E-state index contributed by atoms with van der Waals surface area (Å²) >= 11 is -0.263. The summed E-state index contributed by atoms with van der Waals surface area (Å²) in [5, 5.41) is 12.0. The number of carboxylic acid groups (broad SMARTS) is 1. The van der Waals surface area contributed by atoms with E-state index in [0.29, 0.717) is 26.1 Å². The van der Waals surface area contributed by atoms with Crippen molar-refractivity contribution in [2.24, 2.45) is 5.41 Å². The molecule has 1 heterocycles. The molecule has 9 heteroatoms. The highest BCUT2D eigenvalue weighted by Gasteiger charge is 2.40. The molecule has 1 aliphatic rings. The minimum atomic E-state index is -4.39. The van der Waals surface area contributed by atoms with Gasteiger partial charge < -0.3 is 15.2 Å². The van der Waals surface area contributed by atoms with Gasteiger partial charge in [0.1, 0.15) is 0 Å². The Morgan fingerprint density at radius 2 is 1.79 bits per heavy atom. The van der Waals surface area contributed by atoms with Crippen molar-refractivity contribution in [1.29, 1.82) is 0 Å². The van der Waals surface area contributed by atoms with Gasteiger partial charge in [-0.2, -0.15) is 13.2 Å². The molecule has 1 fully saturated rings. The van der Waals surface area contributed by atoms with E-state index < -0.39 is 22.8 Å². The van der Waals surface area contributed by atoms with Crippen LogP contribution in [0.15, 0.2) is 29.2 Å². The third-order valence-corrected chi connectivity index (χ3v) is 4.58. The van der Waals surface area contributed by atoms with Gasteiger partial charge in [0.2, 0.25) is 0 Å². The van der Waals surface area contributed by atoms with Crippen LogP contribution in [0.3, 0.4) is 0 Å². The standard InChI is InChI=1S/C15H16F3NO4S/c16-15(17,18)24-11-3-1-10(2-4-11)12(20)19-9-14(13(21)22)5-7-23-8-6-14/h1-4H,5-9H2,(H,19,20)(H,21,22). The van der Waals surface area contributed by atoms with Crippen LogP contribution in [0, 0.1) is 5.41 Å². The Bertz CT molecular complexity index is 598. The van der Waals surface area contributed by atoms with Crippen LogP contribution in [-0.2, 0) is 9.53 Å². The molecule has 0 aliphatic carbocycles. The second kappa shape index (κ2) is 7.43. The van der Waals surface area contributed by atoms with Gasteiger partial charge in [0.25, 0.3) is 5.91 Å². The molecular formula is C15H16F3NO4S. The first-order valence-corrected chi connectivity index (χ1v) is 7.99. The quantitative estimate of drug-likeness (QED) is 0.787. The number of carboxylic acids is 1. The van der Waals surface area contributed by atoms with Gasteiger partial charge in [0.05, 0.1) is 5.41 Å². The van der Waals surface area contributed by atoms with Crippen molar-refractivity contribution in [2.75, 3.05) is 19.8 Å². The fourth-order valence-electron chi connectivity index (χ4n) is 2.39. The zero-order chi connectivity index (χ0) is 17.8. The fourth-order valence-corrected chi connectivity index (χ4v) is 2.93. The Labute approximate surface area is 140 Å². The first-order valence-electron chi connectivity index (χ1n) is 7.17. The van der Waals surface area contributed by atoms with Gasteiger partial charge in [-0.1, -0.05) is 0 Å². The van der Waals surface area contributed by atoms with Crippen LogP contribution in [0.5, 0.6) is 0 Å². The first kappa shape index (κ1) is 18.6. The van der Waals surface area contributed by atoms with Crippen molar-refractivity contribution in [1.82, 2.24) is 5.32 Å². The third-order valence-electron chi connectivity index (χ3n) is 3.84. The van der Waals surface area contributed by atoms with Crippen LogP contribution in [0.2, 0.25) is 0 Å². The second-order valence-electron chi connectivity index (χ2n) is 5.45. The molecule has 0 aromatic heterocycles. The number of aliphatic carboxylic acids is 1. The Kier molecular flexibility index (Phi) is 5.76. The fraction of sp³-hybridized carbons (Fsp3) is 0.467. The molecule has 1 amide bonds. The maximum atomic E-state index is 12.3. The Morgan fingerprint density at radius 3 is 2.29 bits per heavy atom. The summed E-state index contributed by atoms with van der Waals surface area (Å²) in [5.41, 5.74) is -5.28. The Hall–Kier alpha value is -1.74. The monoisotopic (exact) mass is 363 g/mol. The van der Waals surface area contributed by atoms with Crippen molar-refractivity contribution >= 4 is 23.6 Å². The molecule has 132 valence electrons. The molecule has 1 aromatic rings. The Balaban J connectivity index is 1.98. The number of carbonyl (C=O) groups is 2. The van der Waals surface area contributed by atoms with Crippen molar-refractivity contribution in [2.45, 2.75) is 23.2 Å². The number of alkyl halides is 3. The number of halogens is 3. The Morgan fingerprint density at radius 1 is 1.21 bits per heavy atom. The zero-order valence-corrected chi connectivity index (χ0v) is 13.4. The molecule has 2 rings (SSSR count). The van der Waals surface area contributed by atoms with E-state index in [1.165, 1.54) is 24.3 Å². The van der Waals surface area contributed by atoms with Crippen molar-refractivity contribution < 1.29 is 32.6 Å². The van der Waals surface area contributed by atoms with Crippen LogP contribution in [0.1, 0.15) is 23.2 Å². The number of carbonyl (C=O) groups excluding carboxylic acids is 1. The predicted octanol–water partition coefficient (Wildman–Crippen LogP) is 2.91. The molecule has 1 aliphatic heterocycles. The van der Waals surface area contributed by atoms with E-state index in [4.69, 9.17) is 4.74 Å². The van der Waals surface area contributed by atoms with E-state index in [0.717, 1.165) is 0 Å². The number of thioether (sulfide) groups is 1. The highest BCUT2D eigenvalue weighted by atomic mass is 32.2. The average molecular weight is 363 g/mol. The number of amides is 1. The number of ether oxygens (including phenoxy) is 1. The second-order valence-corrected chi connectivity index (χ2v) is 6.59. The highest BCUT2D eigenvalue weighted by Crippen LogP contribution is 2.36. The molecule has 24 heavy (non-hydrogen) atoms. The average Bonchev–Trinajstić information content (AvgIpc) is 2.52. The zero-order valence-electron chi connectivity index (χ0n) is 12.6. The van der Waals surface area contributed by atoms with E-state index in [1.807, 2.05) is 0 Å². The summed E-state index contributed by atoms with van der Waals surface area (Å²) < 4.78 is 41.9. The molecule has 0 unspecified atom stereocenters. The van der Waals surface area contributed by atoms with Crippen LogP contribution in [-0.4, -0.2) is 42.2 Å². The molecular weight excluding hydrogens is 347 g/mol. The van der Waals surface area contributed by atoms with E-state index in [9.17, 15) is 27.9 Å². The molecule has 5 nitrogen and oxygen atoms in total. The SMILES string of the molecule is O=C(NCC1(C(=O)O)CCOCC1)c1ccc(SC(F)(F)F)cc1. The largest absolute Gasteiger partial charge is 0.481 e. The van der Waals surface area contributed by atoms with Crippen molar-refractivity contribution in [3.63, 3.8) is 0 Å². The third kappa shape index (κ3) is 4.88. The highest BCUT2D eigenvalue weighted by molar-refractivity contribution is 8.00. The summed E-state index contributed by atoms with van der Waals surface area (Å²) in [6.07, 6.45) is 0.591. The smallest absolute Gasteiger partial charge is 0.446 e. The van der Waals surface area contributed by atoms with E-state index in [1.54, 1.807) is 0 Å². The van der Waals surface area contributed by atoms with Gasteiger partial charge in [-0.15, -0.1) is 0 Å².